The fourth-order valence-corrected chi connectivity index (χ4v) is 1.98. The molecule has 0 radical (unpaired) electrons. The lowest BCUT2D eigenvalue weighted by Crippen LogP contribution is -1.92. The minimum Gasteiger partial charge on any atom is -0.399 e. The summed E-state index contributed by atoms with van der Waals surface area (Å²) in [5.74, 6) is 0. The van der Waals surface area contributed by atoms with Gasteiger partial charge >= 0.3 is 0 Å². The van der Waals surface area contributed by atoms with Crippen LogP contribution in [0.3, 0.4) is 0 Å². The largest absolute Gasteiger partial charge is 0.399 e. The predicted molar refractivity (Wildman–Crippen MR) is 72.2 cm³/mol. The van der Waals surface area contributed by atoms with Crippen molar-refractivity contribution in [1.82, 2.24) is 0 Å². The number of nitrogens with two attached hydrogens (primary N) is 2. The molecule has 82 valence electrons. The Morgan fingerprint density at radius 1 is 0.875 bits per heavy atom. The molecule has 2 nitrogen and oxygen atoms in total. The van der Waals surface area contributed by atoms with Gasteiger partial charge in [0, 0.05) is 15.8 Å². The second kappa shape index (κ2) is 4.58. The van der Waals surface area contributed by atoms with Crippen LogP contribution in [0.25, 0.3) is 0 Å². The third-order valence-corrected chi connectivity index (χ3v) is 3.14. The van der Waals surface area contributed by atoms with Crippen molar-refractivity contribution in [3.63, 3.8) is 0 Å². The van der Waals surface area contributed by atoms with Gasteiger partial charge in [0.1, 0.15) is 0 Å². The van der Waals surface area contributed by atoms with E-state index in [0.717, 1.165) is 22.3 Å². The second-order valence-corrected chi connectivity index (χ2v) is 4.63. The van der Waals surface area contributed by atoms with E-state index in [1.54, 1.807) is 0 Å². The summed E-state index contributed by atoms with van der Waals surface area (Å²) in [6.45, 7) is 0. The Hall–Kier alpha value is -1.48. The van der Waals surface area contributed by atoms with Crippen LogP contribution in [-0.2, 0) is 6.42 Å². The highest BCUT2D eigenvalue weighted by atomic mass is 79.9. The summed E-state index contributed by atoms with van der Waals surface area (Å²) in [5, 5.41) is 0. The highest BCUT2D eigenvalue weighted by Gasteiger charge is 1.99. The van der Waals surface area contributed by atoms with E-state index in [2.05, 4.69) is 15.9 Å². The summed E-state index contributed by atoms with van der Waals surface area (Å²) in [7, 11) is 0. The molecular weight excluding hydrogens is 264 g/mol. The number of hydrogen-bond acceptors (Lipinski definition) is 2. The lowest BCUT2D eigenvalue weighted by molar-refractivity contribution is 1.19. The van der Waals surface area contributed by atoms with E-state index in [1.807, 2.05) is 42.5 Å². The van der Waals surface area contributed by atoms with Crippen LogP contribution in [0.4, 0.5) is 11.4 Å². The Morgan fingerprint density at radius 2 is 1.50 bits per heavy atom. The van der Waals surface area contributed by atoms with Crippen LogP contribution in [0.2, 0.25) is 0 Å². The molecule has 4 N–H and O–H groups in total. The minimum atomic E-state index is 0.765. The normalized spacial score (nSPS) is 10.3. The van der Waals surface area contributed by atoms with Crippen molar-refractivity contribution in [2.45, 2.75) is 6.42 Å². The van der Waals surface area contributed by atoms with Gasteiger partial charge < -0.3 is 11.5 Å². The minimum absolute atomic E-state index is 0.765. The van der Waals surface area contributed by atoms with Gasteiger partial charge in [0.2, 0.25) is 0 Å². The van der Waals surface area contributed by atoms with Crippen molar-refractivity contribution < 1.29 is 0 Å². The SMILES string of the molecule is Nc1ccc(Cc2ccc(N)c(Br)c2)cc1. The first-order valence-corrected chi connectivity index (χ1v) is 5.83. The highest BCUT2D eigenvalue weighted by Crippen LogP contribution is 2.22. The van der Waals surface area contributed by atoms with Crippen molar-refractivity contribution in [1.29, 1.82) is 0 Å². The number of nitrogen functional groups attached to an aromatic ring is 2. The van der Waals surface area contributed by atoms with Gasteiger partial charge in [-0.25, -0.2) is 0 Å². The van der Waals surface area contributed by atoms with Gasteiger partial charge in [-0.05, 0) is 57.7 Å². The van der Waals surface area contributed by atoms with Gasteiger partial charge in [-0.2, -0.15) is 0 Å². The Kier molecular flexibility index (Phi) is 3.15. The van der Waals surface area contributed by atoms with E-state index in [9.17, 15) is 0 Å². The zero-order valence-corrected chi connectivity index (χ0v) is 10.4. The molecule has 0 spiro atoms. The maximum atomic E-state index is 5.74. The average molecular weight is 277 g/mol. The van der Waals surface area contributed by atoms with Crippen LogP contribution in [0.1, 0.15) is 11.1 Å². The van der Waals surface area contributed by atoms with Gasteiger partial charge in [0.05, 0.1) is 0 Å². The summed E-state index contributed by atoms with van der Waals surface area (Å²) in [4.78, 5) is 0. The fourth-order valence-electron chi connectivity index (χ4n) is 1.55. The second-order valence-electron chi connectivity index (χ2n) is 3.77. The molecule has 0 heterocycles. The van der Waals surface area contributed by atoms with Crippen molar-refractivity contribution in [2.24, 2.45) is 0 Å². The molecule has 16 heavy (non-hydrogen) atoms. The monoisotopic (exact) mass is 276 g/mol. The molecule has 0 fully saturated rings. The quantitative estimate of drug-likeness (QED) is 0.828. The lowest BCUT2D eigenvalue weighted by Gasteiger charge is -2.05. The third-order valence-electron chi connectivity index (χ3n) is 2.45. The van der Waals surface area contributed by atoms with Crippen molar-refractivity contribution >= 4 is 27.3 Å². The van der Waals surface area contributed by atoms with Gasteiger partial charge in [0.25, 0.3) is 0 Å². The molecule has 0 saturated carbocycles. The van der Waals surface area contributed by atoms with E-state index in [4.69, 9.17) is 11.5 Å². The number of rotatable bonds is 2. The Morgan fingerprint density at radius 3 is 2.12 bits per heavy atom. The standard InChI is InChI=1S/C13H13BrN2/c14-12-8-10(3-6-13(12)16)7-9-1-4-11(15)5-2-9/h1-6,8H,7,15-16H2. The number of anilines is 2. The fraction of sp³-hybridized carbons (Fsp3) is 0.0769. The molecule has 0 aliphatic heterocycles. The van der Waals surface area contributed by atoms with Crippen LogP contribution in [0, 0.1) is 0 Å². The zero-order valence-electron chi connectivity index (χ0n) is 8.78. The number of benzene rings is 2. The first-order chi connectivity index (χ1) is 7.65. The van der Waals surface area contributed by atoms with Gasteiger partial charge in [-0.3, -0.25) is 0 Å². The maximum Gasteiger partial charge on any atom is 0.0458 e. The molecule has 0 atom stereocenters. The molecule has 2 aromatic carbocycles. The molecule has 2 aromatic rings. The van der Waals surface area contributed by atoms with Gasteiger partial charge in [0.15, 0.2) is 0 Å². The van der Waals surface area contributed by atoms with Crippen molar-refractivity contribution in [3.8, 4) is 0 Å². The number of hydrogen-bond donors (Lipinski definition) is 2. The first kappa shape index (κ1) is 11.0. The van der Waals surface area contributed by atoms with Crippen molar-refractivity contribution in [3.05, 3.63) is 58.1 Å². The van der Waals surface area contributed by atoms with E-state index in [1.165, 1.54) is 11.1 Å². The Labute approximate surface area is 103 Å². The Balaban J connectivity index is 2.20. The maximum absolute atomic E-state index is 5.74. The van der Waals surface area contributed by atoms with Crippen molar-refractivity contribution in [2.75, 3.05) is 11.5 Å². The van der Waals surface area contributed by atoms with Gasteiger partial charge in [-0.1, -0.05) is 18.2 Å². The van der Waals surface area contributed by atoms with E-state index >= 15 is 0 Å². The molecule has 3 heteroatoms. The molecule has 0 saturated heterocycles. The molecule has 0 amide bonds. The number of halogens is 1. The summed E-state index contributed by atoms with van der Waals surface area (Å²) >= 11 is 3.43. The van der Waals surface area contributed by atoms with E-state index in [0.29, 0.717) is 0 Å². The topological polar surface area (TPSA) is 52.0 Å². The zero-order chi connectivity index (χ0) is 11.5. The van der Waals surface area contributed by atoms with Crippen LogP contribution >= 0.6 is 15.9 Å². The summed E-state index contributed by atoms with van der Waals surface area (Å²) in [5.41, 5.74) is 15.4. The smallest absolute Gasteiger partial charge is 0.0458 e. The molecule has 2 rings (SSSR count). The third kappa shape index (κ3) is 2.55. The molecule has 0 bridgehead atoms. The molecule has 0 aromatic heterocycles. The molecule has 0 aliphatic rings. The van der Waals surface area contributed by atoms with Crippen LogP contribution in [-0.4, -0.2) is 0 Å². The summed E-state index contributed by atoms with van der Waals surface area (Å²) in [6, 6.07) is 13.9. The summed E-state index contributed by atoms with van der Waals surface area (Å²) < 4.78 is 0.945. The van der Waals surface area contributed by atoms with Crippen LogP contribution in [0.5, 0.6) is 0 Å². The van der Waals surface area contributed by atoms with Crippen LogP contribution < -0.4 is 11.5 Å². The van der Waals surface area contributed by atoms with Gasteiger partial charge in [-0.15, -0.1) is 0 Å². The summed E-state index contributed by atoms with van der Waals surface area (Å²) in [6.07, 6.45) is 0.888. The molecule has 0 aliphatic carbocycles. The van der Waals surface area contributed by atoms with E-state index in [-0.39, 0.29) is 0 Å². The Bertz CT molecular complexity index is 492. The average Bonchev–Trinajstić information content (AvgIpc) is 2.27. The van der Waals surface area contributed by atoms with E-state index < -0.39 is 0 Å². The predicted octanol–water partition coefficient (Wildman–Crippen LogP) is 3.20. The molecule has 0 unspecified atom stereocenters. The van der Waals surface area contributed by atoms with Crippen LogP contribution in [0.15, 0.2) is 46.9 Å². The highest BCUT2D eigenvalue weighted by molar-refractivity contribution is 9.10. The first-order valence-electron chi connectivity index (χ1n) is 5.03. The molecular formula is C13H13BrN2. The lowest BCUT2D eigenvalue weighted by atomic mass is 10.0.